The fourth-order valence-corrected chi connectivity index (χ4v) is 3.58. The van der Waals surface area contributed by atoms with Crippen LogP contribution >= 0.6 is 0 Å². The number of benzene rings is 2. The van der Waals surface area contributed by atoms with Gasteiger partial charge in [0.15, 0.2) is 0 Å². The van der Waals surface area contributed by atoms with Gasteiger partial charge in [0, 0.05) is 23.9 Å². The van der Waals surface area contributed by atoms with Crippen LogP contribution in [-0.4, -0.2) is 48.3 Å². The maximum absolute atomic E-state index is 12.5. The number of amides is 1. The fourth-order valence-electron chi connectivity index (χ4n) is 3.58. The first-order chi connectivity index (χ1) is 14.9. The highest BCUT2D eigenvalue weighted by Gasteiger charge is 2.16. The van der Waals surface area contributed by atoms with E-state index >= 15 is 0 Å². The number of carbonyl (C=O) groups is 1. The molecule has 2 aromatic carbocycles. The summed E-state index contributed by atoms with van der Waals surface area (Å²) in [5.74, 6) is 0.665. The van der Waals surface area contributed by atoms with Crippen molar-refractivity contribution in [2.45, 2.75) is 19.9 Å². The molecule has 0 aliphatic heterocycles. The second kappa shape index (κ2) is 10.1. The molecule has 0 radical (unpaired) electrons. The lowest BCUT2D eigenvalue weighted by molar-refractivity contribution is -0.116. The summed E-state index contributed by atoms with van der Waals surface area (Å²) in [5, 5.41) is 7.64. The number of likely N-dealkylation sites (N-methyl/N-ethyl adjacent to an activating group) is 1. The quantitative estimate of drug-likeness (QED) is 0.563. The highest BCUT2D eigenvalue weighted by Crippen LogP contribution is 2.22. The minimum absolute atomic E-state index is 0.0387. The molecule has 31 heavy (non-hydrogen) atoms. The van der Waals surface area contributed by atoms with Crippen molar-refractivity contribution in [3.05, 3.63) is 83.2 Å². The van der Waals surface area contributed by atoms with Gasteiger partial charge in [0.2, 0.25) is 5.91 Å². The summed E-state index contributed by atoms with van der Waals surface area (Å²) >= 11 is 0. The third kappa shape index (κ3) is 5.41. The van der Waals surface area contributed by atoms with Crippen LogP contribution in [0.15, 0.2) is 60.7 Å². The van der Waals surface area contributed by atoms with Crippen LogP contribution in [0.1, 0.15) is 28.6 Å². The molecular formula is C25H30N4O2. The van der Waals surface area contributed by atoms with Crippen molar-refractivity contribution in [1.29, 1.82) is 0 Å². The number of carbonyl (C=O) groups excluding carboxylic acids is 1. The normalized spacial score (nSPS) is 12.3. The van der Waals surface area contributed by atoms with E-state index in [9.17, 15) is 4.79 Å². The average Bonchev–Trinajstić information content (AvgIpc) is 3.06. The molecule has 0 aliphatic carbocycles. The lowest BCUT2D eigenvalue weighted by atomic mass is 10.1. The van der Waals surface area contributed by atoms with Gasteiger partial charge in [-0.15, -0.1) is 0 Å². The van der Waals surface area contributed by atoms with Gasteiger partial charge in [-0.3, -0.25) is 4.79 Å². The largest absolute Gasteiger partial charge is 0.497 e. The zero-order valence-corrected chi connectivity index (χ0v) is 18.8. The molecule has 0 fully saturated rings. The molecule has 162 valence electrons. The molecule has 3 rings (SSSR count). The van der Waals surface area contributed by atoms with E-state index in [1.165, 1.54) is 0 Å². The Balaban J connectivity index is 1.69. The summed E-state index contributed by atoms with van der Waals surface area (Å²) in [5.41, 5.74) is 4.92. The molecule has 0 saturated carbocycles. The fraction of sp³-hybridized carbons (Fsp3) is 0.280. The van der Waals surface area contributed by atoms with Crippen LogP contribution in [0.2, 0.25) is 0 Å². The monoisotopic (exact) mass is 418 g/mol. The van der Waals surface area contributed by atoms with Gasteiger partial charge >= 0.3 is 0 Å². The van der Waals surface area contributed by atoms with E-state index in [2.05, 4.69) is 15.3 Å². The van der Waals surface area contributed by atoms with Crippen molar-refractivity contribution >= 4 is 12.0 Å². The number of nitrogens with zero attached hydrogens (tertiary/aromatic N) is 3. The SMILES string of the molecule is COc1cccc(C(CNC(=O)C=Cc2c(C)nn(-c3ccccc3)c2C)N(C)C)c1. The Morgan fingerprint density at radius 1 is 1.16 bits per heavy atom. The van der Waals surface area contributed by atoms with Gasteiger partial charge in [-0.05, 0) is 63.8 Å². The highest BCUT2D eigenvalue weighted by molar-refractivity contribution is 5.92. The van der Waals surface area contributed by atoms with Gasteiger partial charge in [0.05, 0.1) is 24.5 Å². The third-order valence-corrected chi connectivity index (χ3v) is 5.32. The van der Waals surface area contributed by atoms with Crippen molar-refractivity contribution in [3.63, 3.8) is 0 Å². The van der Waals surface area contributed by atoms with Crippen molar-refractivity contribution in [2.24, 2.45) is 0 Å². The molecule has 1 N–H and O–H groups in total. The summed E-state index contributed by atoms with van der Waals surface area (Å²) in [6, 6.07) is 17.9. The van der Waals surface area contributed by atoms with Crippen LogP contribution in [0.5, 0.6) is 5.75 Å². The smallest absolute Gasteiger partial charge is 0.244 e. The molecule has 1 aromatic heterocycles. The van der Waals surface area contributed by atoms with E-state index in [0.29, 0.717) is 6.54 Å². The maximum Gasteiger partial charge on any atom is 0.244 e. The Morgan fingerprint density at radius 3 is 2.58 bits per heavy atom. The van der Waals surface area contributed by atoms with Gasteiger partial charge in [0.1, 0.15) is 5.75 Å². The van der Waals surface area contributed by atoms with Crippen LogP contribution in [0.25, 0.3) is 11.8 Å². The van der Waals surface area contributed by atoms with E-state index < -0.39 is 0 Å². The van der Waals surface area contributed by atoms with Crippen LogP contribution in [0, 0.1) is 13.8 Å². The van der Waals surface area contributed by atoms with E-state index in [0.717, 1.165) is 34.0 Å². The summed E-state index contributed by atoms with van der Waals surface area (Å²) in [6.07, 6.45) is 3.41. The number of hydrogen-bond acceptors (Lipinski definition) is 4. The topological polar surface area (TPSA) is 59.4 Å². The highest BCUT2D eigenvalue weighted by atomic mass is 16.5. The molecule has 0 saturated heterocycles. The van der Waals surface area contributed by atoms with Crippen molar-refractivity contribution in [2.75, 3.05) is 27.7 Å². The molecule has 6 heteroatoms. The van der Waals surface area contributed by atoms with E-state index in [1.54, 1.807) is 13.2 Å². The van der Waals surface area contributed by atoms with Crippen LogP contribution in [0.3, 0.4) is 0 Å². The molecule has 6 nitrogen and oxygen atoms in total. The molecule has 1 atom stereocenters. The van der Waals surface area contributed by atoms with Gasteiger partial charge in [-0.25, -0.2) is 4.68 Å². The van der Waals surface area contributed by atoms with Gasteiger partial charge in [-0.2, -0.15) is 5.10 Å². The first kappa shape index (κ1) is 22.3. The standard InChI is InChI=1S/C25H30N4O2/c1-18-23(19(2)29(27-18)21-11-7-6-8-12-21)14-15-25(30)26-17-24(28(3)4)20-10-9-13-22(16-20)31-5/h6-16,24H,17H2,1-5H3,(H,26,30). The van der Waals surface area contributed by atoms with Crippen molar-refractivity contribution < 1.29 is 9.53 Å². The number of aryl methyl sites for hydroxylation is 1. The number of aromatic nitrogens is 2. The molecule has 0 aliphatic rings. The Hall–Kier alpha value is -3.38. The zero-order chi connectivity index (χ0) is 22.4. The Morgan fingerprint density at radius 2 is 1.90 bits per heavy atom. The molecule has 1 amide bonds. The third-order valence-electron chi connectivity index (χ3n) is 5.32. The van der Waals surface area contributed by atoms with Crippen LogP contribution in [-0.2, 0) is 4.79 Å². The predicted octanol–water partition coefficient (Wildman–Crippen LogP) is 3.93. The number of para-hydroxylation sites is 1. The van der Waals surface area contributed by atoms with Crippen molar-refractivity contribution in [1.82, 2.24) is 20.0 Å². The minimum Gasteiger partial charge on any atom is -0.497 e. The van der Waals surface area contributed by atoms with E-state index in [4.69, 9.17) is 4.74 Å². The second-order valence-electron chi connectivity index (χ2n) is 7.67. The Kier molecular flexibility index (Phi) is 7.26. The predicted molar refractivity (Wildman–Crippen MR) is 125 cm³/mol. The lowest BCUT2D eigenvalue weighted by Crippen LogP contribution is -2.33. The molecular weight excluding hydrogens is 388 g/mol. The summed E-state index contributed by atoms with van der Waals surface area (Å²) in [7, 11) is 5.65. The van der Waals surface area contributed by atoms with E-state index in [1.807, 2.05) is 93.3 Å². The zero-order valence-electron chi connectivity index (χ0n) is 18.8. The summed E-state index contributed by atoms with van der Waals surface area (Å²) in [4.78, 5) is 14.6. The van der Waals surface area contributed by atoms with Crippen LogP contribution in [0.4, 0.5) is 0 Å². The lowest BCUT2D eigenvalue weighted by Gasteiger charge is -2.25. The molecule has 0 bridgehead atoms. The maximum atomic E-state index is 12.5. The molecule has 1 unspecified atom stereocenters. The Labute approximate surface area is 184 Å². The van der Waals surface area contributed by atoms with Gasteiger partial charge in [0.25, 0.3) is 0 Å². The second-order valence-corrected chi connectivity index (χ2v) is 7.67. The average molecular weight is 419 g/mol. The first-order valence-electron chi connectivity index (χ1n) is 10.3. The van der Waals surface area contributed by atoms with Crippen LogP contribution < -0.4 is 10.1 Å². The number of ether oxygens (including phenoxy) is 1. The number of methoxy groups -OCH3 is 1. The minimum atomic E-state index is -0.138. The number of rotatable bonds is 8. The number of hydrogen-bond donors (Lipinski definition) is 1. The molecule has 3 aromatic rings. The van der Waals surface area contributed by atoms with Crippen molar-refractivity contribution in [3.8, 4) is 11.4 Å². The molecule has 0 spiro atoms. The molecule has 1 heterocycles. The summed E-state index contributed by atoms with van der Waals surface area (Å²) in [6.45, 7) is 4.45. The Bertz CT molecular complexity index is 1050. The first-order valence-corrected chi connectivity index (χ1v) is 10.3. The summed E-state index contributed by atoms with van der Waals surface area (Å²) < 4.78 is 7.23. The van der Waals surface area contributed by atoms with Gasteiger partial charge in [-0.1, -0.05) is 30.3 Å². The number of nitrogens with one attached hydrogen (secondary N) is 1. The van der Waals surface area contributed by atoms with Gasteiger partial charge < -0.3 is 15.0 Å². The van der Waals surface area contributed by atoms with E-state index in [-0.39, 0.29) is 11.9 Å².